The zero-order chi connectivity index (χ0) is 21.5. The molecule has 0 atom stereocenters. The summed E-state index contributed by atoms with van der Waals surface area (Å²) in [5, 5.41) is 16.1. The first-order chi connectivity index (χ1) is 14.5. The summed E-state index contributed by atoms with van der Waals surface area (Å²) in [4.78, 5) is 25.7. The molecule has 0 aliphatic rings. The molecule has 152 valence electrons. The summed E-state index contributed by atoms with van der Waals surface area (Å²) >= 11 is 0. The van der Waals surface area contributed by atoms with Crippen molar-refractivity contribution in [1.29, 1.82) is 5.26 Å². The Balaban J connectivity index is 1.83. The molecule has 2 aromatic carbocycles. The monoisotopic (exact) mass is 400 g/mol. The Morgan fingerprint density at radius 2 is 1.83 bits per heavy atom. The van der Waals surface area contributed by atoms with Gasteiger partial charge >= 0.3 is 0 Å². The average Bonchev–Trinajstić information content (AvgIpc) is 2.76. The highest BCUT2D eigenvalue weighted by molar-refractivity contribution is 5.81. The third-order valence-electron chi connectivity index (χ3n) is 4.68. The van der Waals surface area contributed by atoms with E-state index in [1.165, 1.54) is 4.68 Å². The van der Waals surface area contributed by atoms with E-state index in [-0.39, 0.29) is 23.8 Å². The summed E-state index contributed by atoms with van der Waals surface area (Å²) in [6.45, 7) is 4.86. The average molecular weight is 400 g/mol. The maximum Gasteiger partial charge on any atom is 0.271 e. The lowest BCUT2D eigenvalue weighted by Crippen LogP contribution is -2.32. The SMILES string of the molecule is CC(C)Cn1ncc(-c2ccccc2)c(CC(=O)NCc2ccc(C#N)cc2)c1=O. The van der Waals surface area contributed by atoms with Crippen molar-refractivity contribution in [1.82, 2.24) is 15.1 Å². The molecular weight excluding hydrogens is 376 g/mol. The first kappa shape index (κ1) is 21.0. The number of benzene rings is 2. The number of nitrogens with zero attached hydrogens (tertiary/aromatic N) is 3. The Bertz CT molecular complexity index is 1110. The summed E-state index contributed by atoms with van der Waals surface area (Å²) in [5.41, 5.74) is 3.19. The van der Waals surface area contributed by atoms with Crippen LogP contribution in [0, 0.1) is 17.2 Å². The third-order valence-corrected chi connectivity index (χ3v) is 4.68. The number of nitriles is 1. The summed E-state index contributed by atoms with van der Waals surface area (Å²) in [6, 6.07) is 18.6. The van der Waals surface area contributed by atoms with Crippen LogP contribution in [0.5, 0.6) is 0 Å². The zero-order valence-electron chi connectivity index (χ0n) is 17.1. The molecule has 0 bridgehead atoms. The Hall–Kier alpha value is -3.72. The topological polar surface area (TPSA) is 87.8 Å². The van der Waals surface area contributed by atoms with Crippen LogP contribution in [-0.4, -0.2) is 15.7 Å². The van der Waals surface area contributed by atoms with Crippen molar-refractivity contribution in [3.8, 4) is 17.2 Å². The number of amides is 1. The highest BCUT2D eigenvalue weighted by Crippen LogP contribution is 2.21. The van der Waals surface area contributed by atoms with Crippen molar-refractivity contribution in [2.75, 3.05) is 0 Å². The maximum atomic E-state index is 13.1. The Morgan fingerprint density at radius 3 is 2.47 bits per heavy atom. The number of rotatable bonds is 7. The first-order valence-corrected chi connectivity index (χ1v) is 9.88. The molecule has 0 fully saturated rings. The third kappa shape index (κ3) is 5.21. The number of nitrogens with one attached hydrogen (secondary N) is 1. The minimum atomic E-state index is -0.240. The predicted molar refractivity (Wildman–Crippen MR) is 115 cm³/mol. The van der Waals surface area contributed by atoms with Crippen LogP contribution in [0.3, 0.4) is 0 Å². The molecule has 0 spiro atoms. The van der Waals surface area contributed by atoms with Gasteiger partial charge in [-0.1, -0.05) is 56.3 Å². The second-order valence-electron chi connectivity index (χ2n) is 7.55. The number of hydrogen-bond acceptors (Lipinski definition) is 4. The van der Waals surface area contributed by atoms with Gasteiger partial charge in [-0.2, -0.15) is 10.4 Å². The molecule has 30 heavy (non-hydrogen) atoms. The van der Waals surface area contributed by atoms with Crippen molar-refractivity contribution >= 4 is 5.91 Å². The number of aromatic nitrogens is 2. The summed E-state index contributed by atoms with van der Waals surface area (Å²) in [7, 11) is 0. The molecule has 1 N–H and O–H groups in total. The van der Waals surface area contributed by atoms with Crippen molar-refractivity contribution in [2.24, 2.45) is 5.92 Å². The quantitative estimate of drug-likeness (QED) is 0.659. The van der Waals surface area contributed by atoms with Crippen molar-refractivity contribution < 1.29 is 4.79 Å². The zero-order valence-corrected chi connectivity index (χ0v) is 17.1. The van der Waals surface area contributed by atoms with Crippen LogP contribution in [0.4, 0.5) is 0 Å². The Kier molecular flexibility index (Phi) is 6.76. The van der Waals surface area contributed by atoms with E-state index in [0.717, 1.165) is 11.1 Å². The number of carbonyl (C=O) groups excluding carboxylic acids is 1. The van der Waals surface area contributed by atoms with Crippen LogP contribution in [0.15, 0.2) is 65.6 Å². The standard InChI is InChI=1S/C24H24N4O2/c1-17(2)16-28-24(30)21(22(15-27-28)20-6-4-3-5-7-20)12-23(29)26-14-19-10-8-18(13-25)9-11-19/h3-11,15,17H,12,14,16H2,1-2H3,(H,26,29). The van der Waals surface area contributed by atoms with Gasteiger partial charge in [0.05, 0.1) is 24.3 Å². The van der Waals surface area contributed by atoms with Gasteiger partial charge < -0.3 is 5.32 Å². The van der Waals surface area contributed by atoms with Crippen molar-refractivity contribution in [2.45, 2.75) is 33.4 Å². The van der Waals surface area contributed by atoms with E-state index in [2.05, 4.69) is 16.5 Å². The highest BCUT2D eigenvalue weighted by atomic mass is 16.2. The first-order valence-electron chi connectivity index (χ1n) is 9.88. The van der Waals surface area contributed by atoms with Gasteiger partial charge in [-0.05, 0) is 29.2 Å². The van der Waals surface area contributed by atoms with E-state index < -0.39 is 0 Å². The molecule has 0 aliphatic heterocycles. The van der Waals surface area contributed by atoms with Crippen LogP contribution in [0.2, 0.25) is 0 Å². The fourth-order valence-corrected chi connectivity index (χ4v) is 3.16. The van der Waals surface area contributed by atoms with Gasteiger partial charge in [0.25, 0.3) is 5.56 Å². The lowest BCUT2D eigenvalue weighted by atomic mass is 10.0. The molecule has 0 saturated heterocycles. The van der Waals surface area contributed by atoms with Gasteiger partial charge in [0.1, 0.15) is 0 Å². The van der Waals surface area contributed by atoms with Gasteiger partial charge in [0.15, 0.2) is 0 Å². The molecule has 6 nitrogen and oxygen atoms in total. The molecule has 3 aromatic rings. The van der Waals surface area contributed by atoms with Gasteiger partial charge in [-0.15, -0.1) is 0 Å². The van der Waals surface area contributed by atoms with Crippen molar-refractivity contribution in [3.63, 3.8) is 0 Å². The largest absolute Gasteiger partial charge is 0.352 e. The molecule has 1 heterocycles. The number of carbonyl (C=O) groups is 1. The van der Waals surface area contributed by atoms with Gasteiger partial charge in [-0.25, -0.2) is 4.68 Å². The van der Waals surface area contributed by atoms with Crippen molar-refractivity contribution in [3.05, 3.63) is 87.8 Å². The van der Waals surface area contributed by atoms with E-state index >= 15 is 0 Å². The molecule has 3 rings (SSSR count). The summed E-state index contributed by atoms with van der Waals surface area (Å²) in [6.07, 6.45) is 1.64. The predicted octanol–water partition coefficient (Wildman–Crippen LogP) is 3.30. The highest BCUT2D eigenvalue weighted by Gasteiger charge is 2.17. The van der Waals surface area contributed by atoms with E-state index in [9.17, 15) is 9.59 Å². The molecule has 1 aromatic heterocycles. The smallest absolute Gasteiger partial charge is 0.271 e. The van der Waals surface area contributed by atoms with Gasteiger partial charge in [-0.3, -0.25) is 9.59 Å². The maximum absolute atomic E-state index is 13.1. The van der Waals surface area contributed by atoms with Crippen LogP contribution in [0.25, 0.3) is 11.1 Å². The second-order valence-corrected chi connectivity index (χ2v) is 7.55. The summed E-state index contributed by atoms with van der Waals surface area (Å²) in [5.74, 6) is 0.0202. The molecule has 0 radical (unpaired) electrons. The van der Waals surface area contributed by atoms with E-state index in [1.807, 2.05) is 44.2 Å². The summed E-state index contributed by atoms with van der Waals surface area (Å²) < 4.78 is 1.43. The Morgan fingerprint density at radius 1 is 1.13 bits per heavy atom. The molecule has 1 amide bonds. The van der Waals surface area contributed by atoms with Crippen LogP contribution < -0.4 is 10.9 Å². The molecule has 0 unspecified atom stereocenters. The normalized spacial score (nSPS) is 10.6. The molecule has 6 heteroatoms. The Labute approximate surface area is 175 Å². The van der Waals surface area contributed by atoms with Gasteiger partial charge in [0.2, 0.25) is 5.91 Å². The second kappa shape index (κ2) is 9.66. The minimum absolute atomic E-state index is 0.0278. The molecule has 0 aliphatic carbocycles. The van der Waals surface area contributed by atoms with Crippen LogP contribution in [-0.2, 0) is 24.3 Å². The lowest BCUT2D eigenvalue weighted by Gasteiger charge is -2.14. The fraction of sp³-hybridized carbons (Fsp3) is 0.250. The van der Waals surface area contributed by atoms with E-state index in [0.29, 0.717) is 29.8 Å². The molecule has 0 saturated carbocycles. The molecular formula is C24H24N4O2. The van der Waals surface area contributed by atoms with E-state index in [1.54, 1.807) is 30.5 Å². The number of hydrogen-bond donors (Lipinski definition) is 1. The van der Waals surface area contributed by atoms with Crippen LogP contribution >= 0.6 is 0 Å². The van der Waals surface area contributed by atoms with E-state index in [4.69, 9.17) is 5.26 Å². The fourth-order valence-electron chi connectivity index (χ4n) is 3.16. The van der Waals surface area contributed by atoms with Gasteiger partial charge in [0, 0.05) is 24.2 Å². The minimum Gasteiger partial charge on any atom is -0.352 e. The lowest BCUT2D eigenvalue weighted by molar-refractivity contribution is -0.120. The van der Waals surface area contributed by atoms with Crippen LogP contribution in [0.1, 0.15) is 30.5 Å².